The maximum Gasteiger partial charge on any atom is 0.0462 e. The van der Waals surface area contributed by atoms with Crippen LogP contribution in [0.25, 0.3) is 12.2 Å². The molecule has 130 valence electrons. The molecule has 0 atom stereocenters. The monoisotopic (exact) mass is 347 g/mol. The van der Waals surface area contributed by atoms with E-state index in [1.807, 2.05) is 18.2 Å². The summed E-state index contributed by atoms with van der Waals surface area (Å²) in [5.74, 6) is 0. The third-order valence-electron chi connectivity index (χ3n) is 4.45. The molecule has 0 aliphatic carbocycles. The average Bonchev–Trinajstić information content (AvgIpc) is 2.76. The molecule has 27 heavy (non-hydrogen) atoms. The van der Waals surface area contributed by atoms with Gasteiger partial charge in [-0.3, -0.25) is 0 Å². The highest BCUT2D eigenvalue weighted by molar-refractivity contribution is 5.78. The highest BCUT2D eigenvalue weighted by atomic mass is 15.1. The summed E-state index contributed by atoms with van der Waals surface area (Å²) in [5.41, 5.74) is 5.83. The molecule has 0 saturated heterocycles. The fourth-order valence-electron chi connectivity index (χ4n) is 3.09. The standard InChI is InChI=1S/C26H21N/c1-4-10-22(11-5-1)16-17-23-18-20-26(21-19-23)27(24-12-6-2-7-13-24)25-14-8-3-9-15-25/h1-21H/b17-16-. The van der Waals surface area contributed by atoms with Crippen molar-refractivity contribution < 1.29 is 0 Å². The Morgan fingerprint density at radius 1 is 0.370 bits per heavy atom. The Bertz CT molecular complexity index is 949. The highest BCUT2D eigenvalue weighted by Crippen LogP contribution is 2.34. The van der Waals surface area contributed by atoms with Gasteiger partial charge >= 0.3 is 0 Å². The van der Waals surface area contributed by atoms with Gasteiger partial charge in [-0.25, -0.2) is 0 Å². The molecule has 0 spiro atoms. The number of nitrogens with zero attached hydrogens (tertiary/aromatic N) is 1. The van der Waals surface area contributed by atoms with Gasteiger partial charge in [0.25, 0.3) is 0 Å². The van der Waals surface area contributed by atoms with E-state index < -0.39 is 0 Å². The van der Waals surface area contributed by atoms with Gasteiger partial charge in [0.05, 0.1) is 0 Å². The molecule has 4 aromatic carbocycles. The molecule has 4 rings (SSSR count). The SMILES string of the molecule is C(=C/c1ccc(N(c2ccccc2)c2ccccc2)cc1)/c1ccccc1. The zero-order valence-electron chi connectivity index (χ0n) is 15.1. The molecule has 0 heterocycles. The van der Waals surface area contributed by atoms with Crippen LogP contribution in [0.5, 0.6) is 0 Å². The van der Waals surface area contributed by atoms with E-state index in [2.05, 4.69) is 114 Å². The smallest absolute Gasteiger partial charge is 0.0462 e. The van der Waals surface area contributed by atoms with E-state index in [0.29, 0.717) is 0 Å². The minimum Gasteiger partial charge on any atom is -0.311 e. The number of hydrogen-bond donors (Lipinski definition) is 0. The Morgan fingerprint density at radius 3 is 1.22 bits per heavy atom. The molecule has 1 nitrogen and oxygen atoms in total. The van der Waals surface area contributed by atoms with E-state index in [-0.39, 0.29) is 0 Å². The predicted molar refractivity (Wildman–Crippen MR) is 116 cm³/mol. The molecule has 4 aromatic rings. The van der Waals surface area contributed by atoms with E-state index in [0.717, 1.165) is 17.1 Å². The summed E-state index contributed by atoms with van der Waals surface area (Å²) in [5, 5.41) is 0. The highest BCUT2D eigenvalue weighted by Gasteiger charge is 2.11. The number of anilines is 3. The van der Waals surface area contributed by atoms with E-state index in [1.165, 1.54) is 11.1 Å². The van der Waals surface area contributed by atoms with Gasteiger partial charge in [0.1, 0.15) is 0 Å². The van der Waals surface area contributed by atoms with Crippen molar-refractivity contribution in [1.29, 1.82) is 0 Å². The van der Waals surface area contributed by atoms with Crippen LogP contribution < -0.4 is 4.90 Å². The first-order chi connectivity index (χ1) is 13.4. The van der Waals surface area contributed by atoms with Crippen LogP contribution in [-0.4, -0.2) is 0 Å². The number of rotatable bonds is 5. The van der Waals surface area contributed by atoms with Gasteiger partial charge in [-0.1, -0.05) is 91.0 Å². The second-order valence-electron chi connectivity index (χ2n) is 6.34. The first-order valence-corrected chi connectivity index (χ1v) is 9.13. The van der Waals surface area contributed by atoms with Crippen molar-refractivity contribution in [2.24, 2.45) is 0 Å². The van der Waals surface area contributed by atoms with Crippen molar-refractivity contribution in [3.05, 3.63) is 126 Å². The van der Waals surface area contributed by atoms with Crippen molar-refractivity contribution in [3.8, 4) is 0 Å². The lowest BCUT2D eigenvalue weighted by atomic mass is 10.1. The fraction of sp³-hybridized carbons (Fsp3) is 0. The molecular weight excluding hydrogens is 326 g/mol. The van der Waals surface area contributed by atoms with E-state index >= 15 is 0 Å². The lowest BCUT2D eigenvalue weighted by Gasteiger charge is -2.25. The van der Waals surface area contributed by atoms with Crippen LogP contribution >= 0.6 is 0 Å². The lowest BCUT2D eigenvalue weighted by molar-refractivity contribution is 1.28. The third kappa shape index (κ3) is 4.16. The van der Waals surface area contributed by atoms with Crippen LogP contribution in [0.4, 0.5) is 17.1 Å². The minimum absolute atomic E-state index is 1.14. The lowest BCUT2D eigenvalue weighted by Crippen LogP contribution is -2.09. The van der Waals surface area contributed by atoms with Crippen LogP contribution in [0.1, 0.15) is 11.1 Å². The molecule has 0 aromatic heterocycles. The van der Waals surface area contributed by atoms with Crippen LogP contribution in [0.3, 0.4) is 0 Å². The van der Waals surface area contributed by atoms with E-state index in [4.69, 9.17) is 0 Å². The Morgan fingerprint density at radius 2 is 0.741 bits per heavy atom. The number of hydrogen-bond acceptors (Lipinski definition) is 1. The predicted octanol–water partition coefficient (Wildman–Crippen LogP) is 7.33. The topological polar surface area (TPSA) is 3.24 Å². The molecular formula is C26H21N. The molecule has 0 amide bonds. The van der Waals surface area contributed by atoms with Crippen molar-refractivity contribution in [2.75, 3.05) is 4.90 Å². The number of benzene rings is 4. The molecule has 0 N–H and O–H groups in total. The van der Waals surface area contributed by atoms with Gasteiger partial charge in [-0.2, -0.15) is 0 Å². The van der Waals surface area contributed by atoms with Gasteiger partial charge in [0.2, 0.25) is 0 Å². The quantitative estimate of drug-likeness (QED) is 0.342. The first kappa shape index (κ1) is 16.9. The Labute approximate surface area is 160 Å². The summed E-state index contributed by atoms with van der Waals surface area (Å²) < 4.78 is 0. The molecule has 0 aliphatic heterocycles. The molecule has 0 unspecified atom stereocenters. The average molecular weight is 347 g/mol. The van der Waals surface area contributed by atoms with Gasteiger partial charge in [-0.05, 0) is 47.5 Å². The van der Waals surface area contributed by atoms with Crippen LogP contribution in [0.15, 0.2) is 115 Å². The van der Waals surface area contributed by atoms with Crippen molar-refractivity contribution >= 4 is 29.2 Å². The van der Waals surface area contributed by atoms with Gasteiger partial charge in [0.15, 0.2) is 0 Å². The second kappa shape index (κ2) is 8.20. The largest absolute Gasteiger partial charge is 0.311 e. The molecule has 0 aliphatic rings. The van der Waals surface area contributed by atoms with Crippen LogP contribution in [0.2, 0.25) is 0 Å². The van der Waals surface area contributed by atoms with Gasteiger partial charge in [0, 0.05) is 17.1 Å². The zero-order valence-corrected chi connectivity index (χ0v) is 15.1. The third-order valence-corrected chi connectivity index (χ3v) is 4.45. The number of para-hydroxylation sites is 2. The van der Waals surface area contributed by atoms with Gasteiger partial charge in [-0.15, -0.1) is 0 Å². The van der Waals surface area contributed by atoms with E-state index in [1.54, 1.807) is 0 Å². The summed E-state index contributed by atoms with van der Waals surface area (Å²) in [6, 6.07) is 39.9. The summed E-state index contributed by atoms with van der Waals surface area (Å²) in [7, 11) is 0. The Kier molecular flexibility index (Phi) is 5.12. The van der Waals surface area contributed by atoms with Crippen LogP contribution in [-0.2, 0) is 0 Å². The molecule has 0 fully saturated rings. The molecule has 0 radical (unpaired) electrons. The van der Waals surface area contributed by atoms with Crippen molar-refractivity contribution in [3.63, 3.8) is 0 Å². The maximum atomic E-state index is 2.27. The van der Waals surface area contributed by atoms with E-state index in [9.17, 15) is 0 Å². The van der Waals surface area contributed by atoms with Crippen molar-refractivity contribution in [2.45, 2.75) is 0 Å². The summed E-state index contributed by atoms with van der Waals surface area (Å²) in [6.07, 6.45) is 4.29. The van der Waals surface area contributed by atoms with Crippen LogP contribution in [0, 0.1) is 0 Å². The van der Waals surface area contributed by atoms with Crippen molar-refractivity contribution in [1.82, 2.24) is 0 Å². The Hall–Kier alpha value is -3.58. The normalized spacial score (nSPS) is 10.8. The molecule has 0 bridgehead atoms. The summed E-state index contributed by atoms with van der Waals surface area (Å²) in [4.78, 5) is 2.27. The van der Waals surface area contributed by atoms with Gasteiger partial charge < -0.3 is 4.90 Å². The Balaban J connectivity index is 1.64. The molecule has 0 saturated carbocycles. The molecule has 1 heteroatoms. The first-order valence-electron chi connectivity index (χ1n) is 9.13. The maximum absolute atomic E-state index is 2.27. The second-order valence-corrected chi connectivity index (χ2v) is 6.34. The fourth-order valence-corrected chi connectivity index (χ4v) is 3.09. The minimum atomic E-state index is 1.14. The summed E-state index contributed by atoms with van der Waals surface area (Å²) >= 11 is 0. The summed E-state index contributed by atoms with van der Waals surface area (Å²) in [6.45, 7) is 0. The zero-order chi connectivity index (χ0) is 18.3.